The van der Waals surface area contributed by atoms with Crippen LogP contribution in [0.15, 0.2) is 42.5 Å². The van der Waals surface area contributed by atoms with Crippen LogP contribution in [0.5, 0.6) is 0 Å². The fourth-order valence-corrected chi connectivity index (χ4v) is 3.24. The molecule has 0 aliphatic carbocycles. The molecule has 27 heavy (non-hydrogen) atoms. The predicted octanol–water partition coefficient (Wildman–Crippen LogP) is 3.72. The molecule has 6 heteroatoms. The van der Waals surface area contributed by atoms with E-state index in [1.165, 1.54) is 5.56 Å². The zero-order chi connectivity index (χ0) is 19.2. The van der Waals surface area contributed by atoms with Crippen LogP contribution in [0.25, 0.3) is 0 Å². The molecule has 2 aromatic carbocycles. The van der Waals surface area contributed by atoms with Crippen molar-refractivity contribution in [3.63, 3.8) is 0 Å². The van der Waals surface area contributed by atoms with Gasteiger partial charge in [0.1, 0.15) is 0 Å². The van der Waals surface area contributed by atoms with Crippen LogP contribution in [0, 0.1) is 6.92 Å². The smallest absolute Gasteiger partial charge is 0.319 e. The van der Waals surface area contributed by atoms with E-state index in [0.29, 0.717) is 17.3 Å². The number of anilines is 1. The number of urea groups is 1. The van der Waals surface area contributed by atoms with Gasteiger partial charge in [-0.25, -0.2) is 4.79 Å². The molecule has 0 aromatic heterocycles. The lowest BCUT2D eigenvalue weighted by atomic mass is 10.1. The first kappa shape index (κ1) is 19.7. The summed E-state index contributed by atoms with van der Waals surface area (Å²) in [5.74, 6) is 0. The molecule has 5 nitrogen and oxygen atoms in total. The van der Waals surface area contributed by atoms with Gasteiger partial charge in [-0.15, -0.1) is 0 Å². The first-order chi connectivity index (χ1) is 13.0. The average molecular weight is 387 g/mol. The Labute approximate surface area is 166 Å². The number of hydrogen-bond donors (Lipinski definition) is 2. The normalized spacial score (nSPS) is 15.5. The van der Waals surface area contributed by atoms with E-state index in [1.54, 1.807) is 6.07 Å². The zero-order valence-corrected chi connectivity index (χ0v) is 16.7. The molecule has 1 fully saturated rings. The molecule has 1 heterocycles. The minimum absolute atomic E-state index is 0.239. The fourth-order valence-electron chi connectivity index (χ4n) is 3.05. The molecule has 3 rings (SSSR count). The van der Waals surface area contributed by atoms with E-state index < -0.39 is 0 Å². The summed E-state index contributed by atoms with van der Waals surface area (Å²) in [7, 11) is 2.17. The minimum atomic E-state index is -0.239. The highest BCUT2D eigenvalue weighted by Crippen LogP contribution is 2.19. The second-order valence-corrected chi connectivity index (χ2v) is 7.57. The highest BCUT2D eigenvalue weighted by atomic mass is 35.5. The van der Waals surface area contributed by atoms with Gasteiger partial charge in [-0.1, -0.05) is 41.9 Å². The average Bonchev–Trinajstić information content (AvgIpc) is 2.66. The summed E-state index contributed by atoms with van der Waals surface area (Å²) >= 11 is 6.08. The molecule has 0 radical (unpaired) electrons. The number of nitrogens with zero attached hydrogens (tertiary/aromatic N) is 2. The van der Waals surface area contributed by atoms with Crippen molar-refractivity contribution >= 4 is 23.3 Å². The third kappa shape index (κ3) is 5.96. The Balaban J connectivity index is 1.45. The van der Waals surface area contributed by atoms with Crippen molar-refractivity contribution in [1.29, 1.82) is 0 Å². The molecule has 144 valence electrons. The number of rotatable bonds is 5. The van der Waals surface area contributed by atoms with Crippen LogP contribution >= 0.6 is 11.6 Å². The van der Waals surface area contributed by atoms with Crippen molar-refractivity contribution in [2.45, 2.75) is 20.0 Å². The third-order valence-corrected chi connectivity index (χ3v) is 5.32. The molecular weight excluding hydrogens is 360 g/mol. The number of amides is 2. The monoisotopic (exact) mass is 386 g/mol. The minimum Gasteiger partial charge on any atom is -0.334 e. The summed E-state index contributed by atoms with van der Waals surface area (Å²) in [6.07, 6.45) is 0. The van der Waals surface area contributed by atoms with Crippen LogP contribution in [0.3, 0.4) is 0 Å². The summed E-state index contributed by atoms with van der Waals surface area (Å²) in [4.78, 5) is 16.9. The standard InChI is InChI=1S/C21H27ClN4O/c1-16-3-8-19(13-20(16)22)24-21(27)23-14-17-4-6-18(7-5-17)15-26-11-9-25(2)10-12-26/h3-8,13H,9-12,14-15H2,1-2H3,(H2,23,24,27). The maximum Gasteiger partial charge on any atom is 0.319 e. The van der Waals surface area contributed by atoms with Gasteiger partial charge in [-0.3, -0.25) is 4.90 Å². The van der Waals surface area contributed by atoms with Gasteiger partial charge in [0.15, 0.2) is 0 Å². The van der Waals surface area contributed by atoms with E-state index in [2.05, 4.69) is 51.7 Å². The maximum absolute atomic E-state index is 12.1. The summed E-state index contributed by atoms with van der Waals surface area (Å²) in [5, 5.41) is 6.32. The Hall–Kier alpha value is -2.08. The predicted molar refractivity (Wildman–Crippen MR) is 111 cm³/mol. The van der Waals surface area contributed by atoms with Crippen molar-refractivity contribution in [3.8, 4) is 0 Å². The van der Waals surface area contributed by atoms with E-state index in [1.807, 2.05) is 19.1 Å². The molecule has 0 saturated carbocycles. The molecule has 1 aliphatic heterocycles. The highest BCUT2D eigenvalue weighted by molar-refractivity contribution is 6.31. The number of benzene rings is 2. The summed E-state index contributed by atoms with van der Waals surface area (Å²) < 4.78 is 0. The maximum atomic E-state index is 12.1. The Bertz CT molecular complexity index is 770. The van der Waals surface area contributed by atoms with Gasteiger partial charge in [0.05, 0.1) is 0 Å². The van der Waals surface area contributed by atoms with Crippen LogP contribution in [0.1, 0.15) is 16.7 Å². The molecule has 0 bridgehead atoms. The highest BCUT2D eigenvalue weighted by Gasteiger charge is 2.13. The molecule has 0 unspecified atom stereocenters. The second kappa shape index (κ2) is 9.22. The van der Waals surface area contributed by atoms with Gasteiger partial charge in [0.25, 0.3) is 0 Å². The van der Waals surface area contributed by atoms with E-state index >= 15 is 0 Å². The first-order valence-corrected chi connectivity index (χ1v) is 9.67. The van der Waals surface area contributed by atoms with Crippen molar-refractivity contribution in [2.75, 3.05) is 38.5 Å². The molecule has 2 aromatic rings. The molecule has 1 aliphatic rings. The lowest BCUT2D eigenvalue weighted by Crippen LogP contribution is -2.43. The largest absolute Gasteiger partial charge is 0.334 e. The number of piperazine rings is 1. The lowest BCUT2D eigenvalue weighted by Gasteiger charge is -2.32. The van der Waals surface area contributed by atoms with Crippen molar-refractivity contribution in [1.82, 2.24) is 15.1 Å². The second-order valence-electron chi connectivity index (χ2n) is 7.17. The molecule has 2 amide bonds. The Morgan fingerprint density at radius 3 is 2.37 bits per heavy atom. The van der Waals surface area contributed by atoms with E-state index in [-0.39, 0.29) is 6.03 Å². The fraction of sp³-hybridized carbons (Fsp3) is 0.381. The number of carbonyl (C=O) groups excluding carboxylic acids is 1. The van der Waals surface area contributed by atoms with Crippen LogP contribution in [-0.2, 0) is 13.1 Å². The molecule has 1 saturated heterocycles. The van der Waals surface area contributed by atoms with Crippen LogP contribution in [0.2, 0.25) is 5.02 Å². The van der Waals surface area contributed by atoms with Gasteiger partial charge in [0.2, 0.25) is 0 Å². The van der Waals surface area contributed by atoms with Crippen molar-refractivity contribution < 1.29 is 4.79 Å². The Morgan fingerprint density at radius 2 is 1.70 bits per heavy atom. The van der Waals surface area contributed by atoms with Crippen LogP contribution < -0.4 is 10.6 Å². The van der Waals surface area contributed by atoms with Gasteiger partial charge in [-0.2, -0.15) is 0 Å². The Morgan fingerprint density at radius 1 is 1.04 bits per heavy atom. The molecule has 0 spiro atoms. The van der Waals surface area contributed by atoms with Gasteiger partial charge in [0, 0.05) is 50.0 Å². The van der Waals surface area contributed by atoms with E-state index in [9.17, 15) is 4.79 Å². The first-order valence-electron chi connectivity index (χ1n) is 9.29. The SMILES string of the molecule is Cc1ccc(NC(=O)NCc2ccc(CN3CCN(C)CC3)cc2)cc1Cl. The quantitative estimate of drug-likeness (QED) is 0.823. The Kier molecular flexibility index (Phi) is 6.72. The molecule has 0 atom stereocenters. The van der Waals surface area contributed by atoms with Crippen LogP contribution in [-0.4, -0.2) is 49.1 Å². The molecular formula is C21H27ClN4O. The summed E-state index contributed by atoms with van der Waals surface area (Å²) in [5.41, 5.74) is 4.06. The molecule has 2 N–H and O–H groups in total. The van der Waals surface area contributed by atoms with Crippen LogP contribution in [0.4, 0.5) is 10.5 Å². The van der Waals surface area contributed by atoms with Crippen molar-refractivity contribution in [2.24, 2.45) is 0 Å². The summed E-state index contributed by atoms with van der Waals surface area (Å²) in [6.45, 7) is 7.88. The number of hydrogen-bond acceptors (Lipinski definition) is 3. The van der Waals surface area contributed by atoms with E-state index in [0.717, 1.165) is 43.9 Å². The third-order valence-electron chi connectivity index (χ3n) is 4.91. The number of likely N-dealkylation sites (N-methyl/N-ethyl adjacent to an activating group) is 1. The van der Waals surface area contributed by atoms with Gasteiger partial charge in [-0.05, 0) is 42.8 Å². The summed E-state index contributed by atoms with van der Waals surface area (Å²) in [6, 6.07) is 13.7. The van der Waals surface area contributed by atoms with Gasteiger partial charge >= 0.3 is 6.03 Å². The van der Waals surface area contributed by atoms with Crippen molar-refractivity contribution in [3.05, 3.63) is 64.2 Å². The van der Waals surface area contributed by atoms with E-state index in [4.69, 9.17) is 11.6 Å². The lowest BCUT2D eigenvalue weighted by molar-refractivity contribution is 0.148. The number of halogens is 1. The zero-order valence-electron chi connectivity index (χ0n) is 16.0. The number of carbonyl (C=O) groups is 1. The topological polar surface area (TPSA) is 47.6 Å². The number of nitrogens with one attached hydrogen (secondary N) is 2. The van der Waals surface area contributed by atoms with Gasteiger partial charge < -0.3 is 15.5 Å². The number of aryl methyl sites for hydroxylation is 1.